The van der Waals surface area contributed by atoms with Crippen LogP contribution in [0.4, 0.5) is 0 Å². The molecule has 0 N–H and O–H groups in total. The number of nitrogens with zero attached hydrogens (tertiary/aromatic N) is 7. The number of hydrogen-bond donors (Lipinski definition) is 0. The molecule has 1 rings (SSSR count). The summed E-state index contributed by atoms with van der Waals surface area (Å²) in [6, 6.07) is 5.96. The van der Waals surface area contributed by atoms with Gasteiger partial charge in [0.1, 0.15) is 0 Å². The molecule has 7 heteroatoms. The van der Waals surface area contributed by atoms with Crippen LogP contribution in [-0.2, 0) is 0 Å². The highest BCUT2D eigenvalue weighted by molar-refractivity contribution is 5.03. The van der Waals surface area contributed by atoms with Gasteiger partial charge in [0.25, 0.3) is 0 Å². The average molecular weight is 303 g/mol. The third kappa shape index (κ3) is 26.1. The van der Waals surface area contributed by atoms with Crippen LogP contribution in [0.25, 0.3) is 0 Å². The lowest BCUT2D eigenvalue weighted by atomic mass is 10.1. The third-order valence-corrected chi connectivity index (χ3v) is 1.71. The van der Waals surface area contributed by atoms with Crippen molar-refractivity contribution in [3.8, 4) is 18.2 Å². The van der Waals surface area contributed by atoms with E-state index in [9.17, 15) is 0 Å². The molecule has 0 aromatic rings. The monoisotopic (exact) mass is 303 g/mol. The molecule has 0 spiro atoms. The van der Waals surface area contributed by atoms with Crippen molar-refractivity contribution in [3.05, 3.63) is 0 Å². The maximum absolute atomic E-state index is 8.58. The van der Waals surface area contributed by atoms with Gasteiger partial charge in [-0.3, -0.25) is 0 Å². The second-order valence-electron chi connectivity index (χ2n) is 5.89. The summed E-state index contributed by atoms with van der Waals surface area (Å²) in [4.78, 5) is 0. The van der Waals surface area contributed by atoms with Gasteiger partial charge in [0.2, 0.25) is 0 Å². The van der Waals surface area contributed by atoms with Gasteiger partial charge in [-0.25, -0.2) is 0 Å². The van der Waals surface area contributed by atoms with Gasteiger partial charge < -0.3 is 0 Å². The molecule has 1 fully saturated rings. The Morgan fingerprint density at radius 2 is 1.00 bits per heavy atom. The Hall–Kier alpha value is -2.51. The van der Waals surface area contributed by atoms with E-state index in [1.807, 2.05) is 32.1 Å². The average Bonchev–Trinajstić information content (AvgIpc) is 3.37. The zero-order valence-electron chi connectivity index (χ0n) is 14.3. The molecule has 0 heterocycles. The lowest BCUT2D eigenvalue weighted by Gasteiger charge is -2.11. The molecule has 0 unspecified atom stereocenters. The van der Waals surface area contributed by atoms with Crippen LogP contribution in [0.1, 0.15) is 60.8 Å². The zero-order valence-corrected chi connectivity index (χ0v) is 14.3. The van der Waals surface area contributed by atoms with Crippen LogP contribution in [0, 0.1) is 50.7 Å². The Morgan fingerprint density at radius 1 is 0.773 bits per heavy atom. The van der Waals surface area contributed by atoms with Crippen LogP contribution in [-0.4, -0.2) is 11.1 Å². The summed E-state index contributed by atoms with van der Waals surface area (Å²) in [5.74, 6) is 0.190. The van der Waals surface area contributed by atoms with E-state index in [1.165, 1.54) is 19.3 Å². The summed E-state index contributed by atoms with van der Waals surface area (Å²) in [5, 5.41) is 44.6. The molecule has 1 aliphatic carbocycles. The van der Waals surface area contributed by atoms with Crippen LogP contribution in [0.15, 0.2) is 10.2 Å². The number of azo groups is 1. The van der Waals surface area contributed by atoms with E-state index in [2.05, 4.69) is 10.2 Å². The van der Waals surface area contributed by atoms with Gasteiger partial charge in [-0.2, -0.15) is 26.0 Å². The van der Waals surface area contributed by atoms with Gasteiger partial charge >= 0.3 is 0 Å². The van der Waals surface area contributed by atoms with Crippen molar-refractivity contribution < 1.29 is 0 Å². The van der Waals surface area contributed by atoms with Crippen molar-refractivity contribution in [1.82, 2.24) is 0 Å². The molecule has 0 aromatic heterocycles. The van der Waals surface area contributed by atoms with Crippen molar-refractivity contribution in [2.45, 2.75) is 71.9 Å². The standard InChI is InChI=1S/C8H12N4.C4H7N.C3H6.N2/c1-7(2,5-9)11-12-8(3,4)6-10;1-4(2)3-5;1-2-3-1;1-2/h1-4H3;4H,1-2H3;1-3H2;. The molecule has 0 bridgehead atoms. The summed E-state index contributed by atoms with van der Waals surface area (Å²) >= 11 is 0. The summed E-state index contributed by atoms with van der Waals surface area (Å²) in [6.07, 6.45) is 4.50. The molecular formula is C15H25N7. The molecule has 0 aliphatic heterocycles. The minimum absolute atomic E-state index is 0.190. The third-order valence-electron chi connectivity index (χ3n) is 1.71. The lowest BCUT2D eigenvalue weighted by Crippen LogP contribution is -2.17. The summed E-state index contributed by atoms with van der Waals surface area (Å²) in [6.45, 7) is 10.3. The number of nitriles is 3. The molecule has 0 saturated heterocycles. The first-order valence-electron chi connectivity index (χ1n) is 6.96. The lowest BCUT2D eigenvalue weighted by molar-refractivity contribution is 0.541. The quantitative estimate of drug-likeness (QED) is 0.548. The van der Waals surface area contributed by atoms with Crippen molar-refractivity contribution in [3.63, 3.8) is 0 Å². The molecule has 120 valence electrons. The molecular weight excluding hydrogens is 278 g/mol. The summed E-state index contributed by atoms with van der Waals surface area (Å²) in [5.41, 5.74) is -1.68. The summed E-state index contributed by atoms with van der Waals surface area (Å²) < 4.78 is 0. The van der Waals surface area contributed by atoms with Crippen LogP contribution in [0.2, 0.25) is 0 Å². The molecule has 0 amide bonds. The smallest absolute Gasteiger partial charge is 0.162 e. The first kappa shape index (κ1) is 24.5. The maximum Gasteiger partial charge on any atom is 0.162 e. The highest BCUT2D eigenvalue weighted by Gasteiger charge is 2.19. The molecule has 7 nitrogen and oxygen atoms in total. The Bertz CT molecular complexity index is 420. The minimum Gasteiger partial charge on any atom is -0.198 e. The van der Waals surface area contributed by atoms with E-state index < -0.39 is 11.1 Å². The molecule has 1 aliphatic rings. The van der Waals surface area contributed by atoms with Crippen LogP contribution >= 0.6 is 0 Å². The number of rotatable bonds is 2. The van der Waals surface area contributed by atoms with Gasteiger partial charge in [-0.1, -0.05) is 19.3 Å². The molecule has 0 aromatic carbocycles. The van der Waals surface area contributed by atoms with E-state index in [1.54, 1.807) is 27.7 Å². The molecule has 1 saturated carbocycles. The van der Waals surface area contributed by atoms with Gasteiger partial charge in [-0.15, -0.1) is 0 Å². The van der Waals surface area contributed by atoms with E-state index >= 15 is 0 Å². The predicted molar refractivity (Wildman–Crippen MR) is 82.0 cm³/mol. The zero-order chi connectivity index (χ0) is 18.2. The fourth-order valence-electron chi connectivity index (χ4n) is 0.295. The fraction of sp³-hybridized carbons (Fsp3) is 0.800. The van der Waals surface area contributed by atoms with Gasteiger partial charge in [0.05, 0.1) is 18.2 Å². The first-order valence-corrected chi connectivity index (χ1v) is 6.96. The topological polar surface area (TPSA) is 144 Å². The fourth-order valence-corrected chi connectivity index (χ4v) is 0.295. The van der Waals surface area contributed by atoms with Crippen LogP contribution in [0.3, 0.4) is 0 Å². The second-order valence-corrected chi connectivity index (χ2v) is 5.89. The Kier molecular flexibility index (Phi) is 15.0. The van der Waals surface area contributed by atoms with Crippen molar-refractivity contribution in [1.29, 1.82) is 26.6 Å². The van der Waals surface area contributed by atoms with Crippen LogP contribution in [0.5, 0.6) is 0 Å². The predicted octanol–water partition coefficient (Wildman–Crippen LogP) is 4.41. The minimum atomic E-state index is -0.839. The second kappa shape index (κ2) is 13.5. The molecule has 22 heavy (non-hydrogen) atoms. The highest BCUT2D eigenvalue weighted by Crippen LogP contribution is 2.15. The normalized spacial score (nSPS) is 11.9. The van der Waals surface area contributed by atoms with E-state index in [0.29, 0.717) is 0 Å². The SMILES string of the molecule is C1CC1.CC(C)(C#N)N=NC(C)(C)C#N.CC(C)C#N.N#N. The summed E-state index contributed by atoms with van der Waals surface area (Å²) in [7, 11) is 0. The molecule has 0 atom stereocenters. The van der Waals surface area contributed by atoms with E-state index in [0.717, 1.165) is 0 Å². The van der Waals surface area contributed by atoms with Crippen LogP contribution < -0.4 is 0 Å². The van der Waals surface area contributed by atoms with E-state index in [4.69, 9.17) is 26.6 Å². The molecule has 0 radical (unpaired) electrons. The van der Waals surface area contributed by atoms with Crippen molar-refractivity contribution in [2.24, 2.45) is 16.1 Å². The maximum atomic E-state index is 8.58. The van der Waals surface area contributed by atoms with Gasteiger partial charge in [0.15, 0.2) is 11.1 Å². The highest BCUT2D eigenvalue weighted by atomic mass is 15.2. The van der Waals surface area contributed by atoms with E-state index in [-0.39, 0.29) is 5.92 Å². The largest absolute Gasteiger partial charge is 0.198 e. The van der Waals surface area contributed by atoms with Crippen molar-refractivity contribution in [2.75, 3.05) is 0 Å². The number of hydrogen-bond acceptors (Lipinski definition) is 7. The first-order chi connectivity index (χ1) is 10.1. The van der Waals surface area contributed by atoms with Gasteiger partial charge in [-0.05, 0) is 41.5 Å². The Labute approximate surface area is 133 Å². The van der Waals surface area contributed by atoms with Gasteiger partial charge in [0, 0.05) is 16.7 Å². The Balaban J connectivity index is -0.000000293. The Morgan fingerprint density at radius 3 is 1.09 bits per heavy atom. The van der Waals surface area contributed by atoms with Crippen molar-refractivity contribution >= 4 is 0 Å².